The zero-order chi connectivity index (χ0) is 27.3. The van der Waals surface area contributed by atoms with Gasteiger partial charge in [0.05, 0.1) is 85.4 Å². The van der Waals surface area contributed by atoms with Crippen LogP contribution in [-0.4, -0.2) is 122 Å². The van der Waals surface area contributed by atoms with Crippen LogP contribution in [0.2, 0.25) is 0 Å². The van der Waals surface area contributed by atoms with Gasteiger partial charge in [-0.15, -0.1) is 0 Å². The Labute approximate surface area is 234 Å². The van der Waals surface area contributed by atoms with Crippen molar-refractivity contribution >= 4 is 0 Å². The first-order valence-electron chi connectivity index (χ1n) is 14.7. The number of ether oxygens (including phenoxy) is 7. The van der Waals surface area contributed by atoms with Crippen LogP contribution in [0.15, 0.2) is 18.2 Å². The lowest BCUT2D eigenvalue weighted by Gasteiger charge is -2.59. The van der Waals surface area contributed by atoms with Gasteiger partial charge in [-0.2, -0.15) is 0 Å². The van der Waals surface area contributed by atoms with E-state index in [0.29, 0.717) is 97.0 Å². The third kappa shape index (κ3) is 8.60. The summed E-state index contributed by atoms with van der Waals surface area (Å²) in [5.41, 5.74) is 2.90. The highest BCUT2D eigenvalue weighted by molar-refractivity contribution is 5.45. The van der Waals surface area contributed by atoms with E-state index in [0.717, 1.165) is 32.2 Å². The molecule has 1 heterocycles. The van der Waals surface area contributed by atoms with Crippen molar-refractivity contribution in [3.05, 3.63) is 29.3 Å². The van der Waals surface area contributed by atoms with E-state index < -0.39 is 0 Å². The normalized spacial score (nSPS) is 26.4. The van der Waals surface area contributed by atoms with Crippen molar-refractivity contribution in [3.63, 3.8) is 0 Å². The first-order chi connectivity index (χ1) is 19.1. The molecular formula is C30H49NO8. The maximum absolute atomic E-state index is 10.3. The number of rotatable bonds is 19. The average molecular weight is 552 g/mol. The van der Waals surface area contributed by atoms with Gasteiger partial charge in [0.25, 0.3) is 0 Å². The summed E-state index contributed by atoms with van der Waals surface area (Å²) in [5.74, 6) is 1.02. The maximum atomic E-state index is 10.3. The van der Waals surface area contributed by atoms with Gasteiger partial charge >= 0.3 is 0 Å². The Morgan fingerprint density at radius 1 is 0.821 bits per heavy atom. The van der Waals surface area contributed by atoms with Gasteiger partial charge in [-0.25, -0.2) is 0 Å². The molecule has 1 aromatic rings. The minimum atomic E-state index is 0.119. The number of hydrogen-bond acceptors (Lipinski definition) is 9. The summed E-state index contributed by atoms with van der Waals surface area (Å²) >= 11 is 0. The summed E-state index contributed by atoms with van der Waals surface area (Å²) in [6.07, 6.45) is 5.78. The zero-order valence-corrected chi connectivity index (χ0v) is 23.9. The molecule has 0 radical (unpaired) electrons. The standard InChI is InChI=1S/C30H49NO8/c1-31-8-7-30-23-26(5-6-27(30)29(31)21-24-3-4-25(32)22-28(24)30)39-20-19-38-18-17-37-16-15-36-14-13-35-12-11-34-10-9-33-2/h3-4,22,26-27,29,32H,5-21,23H2,1-2H3/t26?,27-,29+,30-/m0/s1. The average Bonchev–Trinajstić information content (AvgIpc) is 2.94. The summed E-state index contributed by atoms with van der Waals surface area (Å²) < 4.78 is 38.8. The third-order valence-corrected chi connectivity index (χ3v) is 8.60. The number of piperidine rings is 1. The third-order valence-electron chi connectivity index (χ3n) is 8.60. The molecule has 1 N–H and O–H groups in total. The molecule has 1 saturated carbocycles. The SMILES string of the molecule is COCCOCCOCCOCCOCCOCCOC1CC[C@H]2[C@H]3Cc4ccc(O)cc4[C@@]2(CCN3C)C1. The van der Waals surface area contributed by atoms with Gasteiger partial charge in [-0.05, 0) is 74.9 Å². The quantitative estimate of drug-likeness (QED) is 0.261. The molecule has 1 aromatic carbocycles. The van der Waals surface area contributed by atoms with Gasteiger partial charge in [-0.3, -0.25) is 0 Å². The minimum Gasteiger partial charge on any atom is -0.508 e. The van der Waals surface area contributed by atoms with E-state index in [-0.39, 0.29) is 11.5 Å². The second-order valence-electron chi connectivity index (χ2n) is 10.9. The summed E-state index contributed by atoms with van der Waals surface area (Å²) in [6.45, 7) is 7.86. The predicted molar refractivity (Wildman–Crippen MR) is 148 cm³/mol. The highest BCUT2D eigenvalue weighted by Gasteiger charge is 2.55. The second-order valence-corrected chi connectivity index (χ2v) is 10.9. The number of phenols is 1. The molecule has 2 aliphatic carbocycles. The van der Waals surface area contributed by atoms with Crippen LogP contribution in [0.5, 0.6) is 5.75 Å². The molecule has 4 rings (SSSR count). The topological polar surface area (TPSA) is 88.1 Å². The summed E-state index contributed by atoms with van der Waals surface area (Å²) in [7, 11) is 3.93. The van der Waals surface area contributed by atoms with Crippen LogP contribution >= 0.6 is 0 Å². The van der Waals surface area contributed by atoms with Gasteiger partial charge in [0.1, 0.15) is 5.75 Å². The first-order valence-corrected chi connectivity index (χ1v) is 14.7. The maximum Gasteiger partial charge on any atom is 0.115 e. The Morgan fingerprint density at radius 2 is 1.41 bits per heavy atom. The van der Waals surface area contributed by atoms with E-state index in [1.807, 2.05) is 12.1 Å². The molecule has 1 unspecified atom stereocenters. The lowest BCUT2D eigenvalue weighted by molar-refractivity contribution is -0.0774. The Bertz CT molecular complexity index is 841. The molecule has 0 spiro atoms. The van der Waals surface area contributed by atoms with Crippen molar-refractivity contribution in [2.24, 2.45) is 5.92 Å². The molecule has 1 saturated heterocycles. The predicted octanol–water partition coefficient (Wildman–Crippen LogP) is 2.80. The monoisotopic (exact) mass is 551 g/mol. The van der Waals surface area contributed by atoms with Crippen molar-refractivity contribution in [1.29, 1.82) is 0 Å². The molecule has 1 aliphatic heterocycles. The molecule has 9 nitrogen and oxygen atoms in total. The molecule has 222 valence electrons. The van der Waals surface area contributed by atoms with Crippen molar-refractivity contribution < 1.29 is 38.3 Å². The van der Waals surface area contributed by atoms with E-state index in [2.05, 4.69) is 18.0 Å². The van der Waals surface area contributed by atoms with E-state index in [9.17, 15) is 5.11 Å². The molecule has 0 amide bonds. The number of methoxy groups -OCH3 is 1. The van der Waals surface area contributed by atoms with Crippen LogP contribution in [0.3, 0.4) is 0 Å². The molecule has 2 fully saturated rings. The number of benzene rings is 1. The Hall–Kier alpha value is -1.30. The Morgan fingerprint density at radius 3 is 2.03 bits per heavy atom. The van der Waals surface area contributed by atoms with Crippen molar-refractivity contribution in [1.82, 2.24) is 4.90 Å². The number of nitrogens with zero attached hydrogens (tertiary/aromatic N) is 1. The van der Waals surface area contributed by atoms with Crippen LogP contribution in [0, 0.1) is 5.92 Å². The molecule has 9 heteroatoms. The van der Waals surface area contributed by atoms with E-state index in [4.69, 9.17) is 33.2 Å². The van der Waals surface area contributed by atoms with E-state index in [1.165, 1.54) is 17.5 Å². The van der Waals surface area contributed by atoms with Gasteiger partial charge in [0, 0.05) is 18.6 Å². The number of likely N-dealkylation sites (N-methyl/N-ethyl adjacent to an activating group) is 1. The zero-order valence-electron chi connectivity index (χ0n) is 23.9. The first kappa shape index (κ1) is 30.7. The molecule has 0 aromatic heterocycles. The van der Waals surface area contributed by atoms with E-state index in [1.54, 1.807) is 7.11 Å². The smallest absolute Gasteiger partial charge is 0.115 e. The Balaban J connectivity index is 1.03. The molecule has 3 aliphatic rings. The highest BCUT2D eigenvalue weighted by Crippen LogP contribution is 2.56. The van der Waals surface area contributed by atoms with Crippen molar-refractivity contribution in [2.75, 3.05) is 100.0 Å². The highest BCUT2D eigenvalue weighted by atomic mass is 16.6. The number of likely N-dealkylation sites (tertiary alicyclic amines) is 1. The lowest BCUT2D eigenvalue weighted by Crippen LogP contribution is -2.61. The summed E-state index contributed by atoms with van der Waals surface area (Å²) in [5, 5.41) is 10.3. The minimum absolute atomic E-state index is 0.119. The second kappa shape index (κ2) is 16.2. The fourth-order valence-corrected chi connectivity index (χ4v) is 6.71. The van der Waals surface area contributed by atoms with Crippen molar-refractivity contribution in [2.45, 2.75) is 49.7 Å². The van der Waals surface area contributed by atoms with Crippen LogP contribution in [0.25, 0.3) is 0 Å². The molecule has 4 atom stereocenters. The van der Waals surface area contributed by atoms with Gasteiger partial charge in [0.15, 0.2) is 0 Å². The van der Waals surface area contributed by atoms with Gasteiger partial charge in [-0.1, -0.05) is 6.07 Å². The molecular weight excluding hydrogens is 502 g/mol. The number of aromatic hydroxyl groups is 1. The van der Waals surface area contributed by atoms with Crippen LogP contribution in [-0.2, 0) is 45.0 Å². The molecule has 39 heavy (non-hydrogen) atoms. The summed E-state index contributed by atoms with van der Waals surface area (Å²) in [6, 6.07) is 6.61. The lowest BCUT2D eigenvalue weighted by atomic mass is 9.52. The fourth-order valence-electron chi connectivity index (χ4n) is 6.71. The van der Waals surface area contributed by atoms with E-state index >= 15 is 0 Å². The van der Waals surface area contributed by atoms with Crippen LogP contribution in [0.4, 0.5) is 0 Å². The largest absolute Gasteiger partial charge is 0.508 e. The van der Waals surface area contributed by atoms with Crippen molar-refractivity contribution in [3.8, 4) is 5.75 Å². The number of fused-ring (bicyclic) bond motifs is 1. The van der Waals surface area contributed by atoms with Gasteiger partial charge < -0.3 is 43.2 Å². The van der Waals surface area contributed by atoms with Crippen LogP contribution < -0.4 is 0 Å². The number of hydrogen-bond donors (Lipinski definition) is 1. The Kier molecular flexibility index (Phi) is 12.7. The van der Waals surface area contributed by atoms with Crippen LogP contribution in [0.1, 0.15) is 36.8 Å². The van der Waals surface area contributed by atoms with Gasteiger partial charge in [0.2, 0.25) is 0 Å². The summed E-state index contributed by atoms with van der Waals surface area (Å²) in [4.78, 5) is 2.56. The molecule has 2 bridgehead atoms. The number of phenolic OH excluding ortho intramolecular Hbond substituents is 1. The fraction of sp³-hybridized carbons (Fsp3) is 0.800.